The Kier molecular flexibility index (Phi) is 4.54. The van der Waals surface area contributed by atoms with Crippen molar-refractivity contribution in [3.63, 3.8) is 0 Å². The molecule has 1 atom stereocenters. The van der Waals surface area contributed by atoms with Crippen molar-refractivity contribution < 1.29 is 9.90 Å². The second-order valence-electron chi connectivity index (χ2n) is 4.64. The maximum Gasteiger partial charge on any atom is 0.223 e. The molecule has 0 aromatic rings. The first kappa shape index (κ1) is 12.5. The van der Waals surface area contributed by atoms with Crippen LogP contribution in [0.2, 0.25) is 0 Å². The van der Waals surface area contributed by atoms with E-state index in [1.165, 1.54) is 0 Å². The Hall–Kier alpha value is -0.610. The third kappa shape index (κ3) is 3.80. The van der Waals surface area contributed by atoms with Gasteiger partial charge in [-0.3, -0.25) is 4.79 Å². The van der Waals surface area contributed by atoms with Gasteiger partial charge in [-0.1, -0.05) is 6.92 Å². The Labute approximate surface area is 91.4 Å². The zero-order chi connectivity index (χ0) is 11.4. The maximum atomic E-state index is 11.7. The van der Waals surface area contributed by atoms with Crippen LogP contribution in [0.5, 0.6) is 0 Å². The van der Waals surface area contributed by atoms with E-state index in [0.717, 1.165) is 25.8 Å². The molecule has 4 nitrogen and oxygen atoms in total. The highest BCUT2D eigenvalue weighted by molar-refractivity contribution is 5.76. The molecule has 1 saturated carbocycles. The fraction of sp³-hybridized carbons (Fsp3) is 0.909. The number of amides is 1. The van der Waals surface area contributed by atoms with E-state index in [-0.39, 0.29) is 18.1 Å². The van der Waals surface area contributed by atoms with Crippen molar-refractivity contribution in [2.75, 3.05) is 13.6 Å². The topological polar surface area (TPSA) is 66.6 Å². The molecule has 0 bridgehead atoms. The van der Waals surface area contributed by atoms with Crippen molar-refractivity contribution in [1.82, 2.24) is 4.90 Å². The van der Waals surface area contributed by atoms with Crippen molar-refractivity contribution in [2.24, 2.45) is 11.7 Å². The molecular formula is C11H22N2O2. The highest BCUT2D eigenvalue weighted by Gasteiger charge is 2.29. The third-order valence-corrected chi connectivity index (χ3v) is 3.13. The predicted octanol–water partition coefficient (Wildman–Crippen LogP) is 0.343. The molecule has 0 aromatic heterocycles. The Balaban J connectivity index is 2.21. The summed E-state index contributed by atoms with van der Waals surface area (Å²) in [5.41, 5.74) is 5.72. The van der Waals surface area contributed by atoms with Gasteiger partial charge in [0.05, 0.1) is 6.10 Å². The monoisotopic (exact) mass is 214 g/mol. The quantitative estimate of drug-likeness (QED) is 0.693. The number of hydrogen-bond acceptors (Lipinski definition) is 3. The van der Waals surface area contributed by atoms with Crippen LogP contribution in [-0.2, 0) is 4.79 Å². The summed E-state index contributed by atoms with van der Waals surface area (Å²) in [6.07, 6.45) is 2.79. The van der Waals surface area contributed by atoms with Gasteiger partial charge in [0.1, 0.15) is 0 Å². The van der Waals surface area contributed by atoms with Gasteiger partial charge < -0.3 is 15.7 Å². The van der Waals surface area contributed by atoms with Crippen LogP contribution in [0.1, 0.15) is 32.6 Å². The van der Waals surface area contributed by atoms with Crippen molar-refractivity contribution >= 4 is 5.91 Å². The molecule has 0 aliphatic heterocycles. The summed E-state index contributed by atoms with van der Waals surface area (Å²) in [5, 5.41) is 9.13. The van der Waals surface area contributed by atoms with E-state index in [1.54, 1.807) is 4.90 Å². The highest BCUT2D eigenvalue weighted by Crippen LogP contribution is 2.27. The minimum absolute atomic E-state index is 0.0214. The lowest BCUT2D eigenvalue weighted by Gasteiger charge is -2.34. The molecule has 1 unspecified atom stereocenters. The maximum absolute atomic E-state index is 11.7. The summed E-state index contributed by atoms with van der Waals surface area (Å²) in [4.78, 5) is 13.4. The molecule has 1 fully saturated rings. The average Bonchev–Trinajstić information content (AvgIpc) is 2.15. The lowest BCUT2D eigenvalue weighted by molar-refractivity contribution is -0.131. The summed E-state index contributed by atoms with van der Waals surface area (Å²) in [5.74, 6) is 0.595. The molecule has 1 rings (SSSR count). The van der Waals surface area contributed by atoms with Crippen LogP contribution in [0.15, 0.2) is 0 Å². The van der Waals surface area contributed by atoms with Gasteiger partial charge in [-0.05, 0) is 25.2 Å². The van der Waals surface area contributed by atoms with Crippen LogP contribution in [0.3, 0.4) is 0 Å². The summed E-state index contributed by atoms with van der Waals surface area (Å²) < 4.78 is 0. The summed E-state index contributed by atoms with van der Waals surface area (Å²) in [7, 11) is 1.81. The molecule has 0 radical (unpaired) electrons. The molecular weight excluding hydrogens is 192 g/mol. The molecule has 0 aromatic carbocycles. The lowest BCUT2D eigenvalue weighted by atomic mass is 9.82. The molecule has 1 aliphatic carbocycles. The predicted molar refractivity (Wildman–Crippen MR) is 59.3 cm³/mol. The standard InChI is InChI=1S/C11H22N2O2/c1-3-9(12)6-11(15)13(2)7-8-4-10(14)5-8/h8-10,14H,3-7,12H2,1-2H3. The van der Waals surface area contributed by atoms with Crippen molar-refractivity contribution in [1.29, 1.82) is 0 Å². The van der Waals surface area contributed by atoms with Gasteiger partial charge in [0.2, 0.25) is 5.91 Å². The van der Waals surface area contributed by atoms with Gasteiger partial charge in [-0.25, -0.2) is 0 Å². The van der Waals surface area contributed by atoms with E-state index in [9.17, 15) is 4.79 Å². The second-order valence-corrected chi connectivity index (χ2v) is 4.64. The second kappa shape index (κ2) is 5.47. The molecule has 0 heterocycles. The average molecular weight is 214 g/mol. The molecule has 88 valence electrons. The normalized spacial score (nSPS) is 26.9. The van der Waals surface area contributed by atoms with Gasteiger partial charge in [0, 0.05) is 26.1 Å². The number of aliphatic hydroxyl groups excluding tert-OH is 1. The smallest absolute Gasteiger partial charge is 0.223 e. The number of aliphatic hydroxyl groups is 1. The van der Waals surface area contributed by atoms with Crippen LogP contribution >= 0.6 is 0 Å². The molecule has 4 heteroatoms. The van der Waals surface area contributed by atoms with Gasteiger partial charge >= 0.3 is 0 Å². The van der Waals surface area contributed by atoms with Crippen LogP contribution in [0, 0.1) is 5.92 Å². The number of nitrogens with zero attached hydrogens (tertiary/aromatic N) is 1. The largest absolute Gasteiger partial charge is 0.393 e. The Bertz CT molecular complexity index is 215. The Morgan fingerprint density at radius 3 is 2.67 bits per heavy atom. The van der Waals surface area contributed by atoms with Gasteiger partial charge in [0.15, 0.2) is 0 Å². The third-order valence-electron chi connectivity index (χ3n) is 3.13. The number of nitrogens with two attached hydrogens (primary N) is 1. The van der Waals surface area contributed by atoms with E-state index in [2.05, 4.69) is 0 Å². The highest BCUT2D eigenvalue weighted by atomic mass is 16.3. The molecule has 1 aliphatic rings. The molecule has 15 heavy (non-hydrogen) atoms. The van der Waals surface area contributed by atoms with Gasteiger partial charge in [0.25, 0.3) is 0 Å². The Morgan fingerprint density at radius 2 is 2.20 bits per heavy atom. The van der Waals surface area contributed by atoms with Gasteiger partial charge in [-0.15, -0.1) is 0 Å². The first-order valence-electron chi connectivity index (χ1n) is 5.70. The fourth-order valence-electron chi connectivity index (χ4n) is 1.86. The van der Waals surface area contributed by atoms with Crippen LogP contribution in [0.4, 0.5) is 0 Å². The van der Waals surface area contributed by atoms with E-state index < -0.39 is 0 Å². The molecule has 0 saturated heterocycles. The van der Waals surface area contributed by atoms with E-state index >= 15 is 0 Å². The fourth-order valence-corrected chi connectivity index (χ4v) is 1.86. The van der Waals surface area contributed by atoms with Crippen LogP contribution < -0.4 is 5.73 Å². The minimum Gasteiger partial charge on any atom is -0.393 e. The molecule has 3 N–H and O–H groups in total. The summed E-state index contributed by atoms with van der Waals surface area (Å²) >= 11 is 0. The zero-order valence-electron chi connectivity index (χ0n) is 9.65. The first-order chi connectivity index (χ1) is 7.02. The zero-order valence-corrected chi connectivity index (χ0v) is 9.65. The van der Waals surface area contributed by atoms with E-state index in [1.807, 2.05) is 14.0 Å². The first-order valence-corrected chi connectivity index (χ1v) is 5.70. The van der Waals surface area contributed by atoms with Crippen molar-refractivity contribution in [2.45, 2.75) is 44.8 Å². The van der Waals surface area contributed by atoms with Crippen LogP contribution in [0.25, 0.3) is 0 Å². The summed E-state index contributed by atoms with van der Waals surface area (Å²) in [6, 6.07) is -0.0214. The summed E-state index contributed by atoms with van der Waals surface area (Å²) in [6.45, 7) is 2.74. The lowest BCUT2D eigenvalue weighted by Crippen LogP contribution is -2.41. The van der Waals surface area contributed by atoms with Crippen molar-refractivity contribution in [3.05, 3.63) is 0 Å². The SMILES string of the molecule is CCC(N)CC(=O)N(C)CC1CC(O)C1. The number of rotatable bonds is 5. The van der Waals surface area contributed by atoms with E-state index in [4.69, 9.17) is 10.8 Å². The molecule has 0 spiro atoms. The number of carbonyl (C=O) groups is 1. The van der Waals surface area contributed by atoms with Crippen molar-refractivity contribution in [3.8, 4) is 0 Å². The Morgan fingerprint density at radius 1 is 1.60 bits per heavy atom. The minimum atomic E-state index is -0.142. The van der Waals surface area contributed by atoms with Gasteiger partial charge in [-0.2, -0.15) is 0 Å². The van der Waals surface area contributed by atoms with Crippen LogP contribution in [-0.4, -0.2) is 41.7 Å². The number of hydrogen-bond donors (Lipinski definition) is 2. The molecule has 1 amide bonds. The number of carbonyl (C=O) groups excluding carboxylic acids is 1. The van der Waals surface area contributed by atoms with E-state index in [0.29, 0.717) is 12.3 Å².